The van der Waals surface area contributed by atoms with Crippen LogP contribution in [0.5, 0.6) is 0 Å². The van der Waals surface area contributed by atoms with Crippen molar-refractivity contribution in [1.29, 1.82) is 0 Å². The molecule has 0 spiro atoms. The van der Waals surface area contributed by atoms with E-state index in [0.717, 1.165) is 105 Å². The first-order valence-electron chi connectivity index (χ1n) is 19.2. The van der Waals surface area contributed by atoms with E-state index in [2.05, 4.69) is 167 Å². The molecule has 266 valence electrons. The van der Waals surface area contributed by atoms with Crippen LogP contribution in [0.4, 0.5) is 0 Å². The van der Waals surface area contributed by atoms with E-state index >= 15 is 0 Å². The molecule has 0 aliphatic rings. The molecule has 8 aromatic carbocycles. The molecule has 0 radical (unpaired) electrons. The molecule has 0 N–H and O–H groups in total. The predicted octanol–water partition coefficient (Wildman–Crippen LogP) is 14.6. The zero-order valence-electron chi connectivity index (χ0n) is 30.7. The lowest BCUT2D eigenvalue weighted by Crippen LogP contribution is -1.96. The van der Waals surface area contributed by atoms with Gasteiger partial charge in [0.2, 0.25) is 0 Å². The van der Waals surface area contributed by atoms with Crippen LogP contribution >= 0.6 is 0 Å². The molecule has 0 saturated heterocycles. The van der Waals surface area contributed by atoms with E-state index in [4.69, 9.17) is 8.83 Å². The first kappa shape index (κ1) is 31.6. The lowest BCUT2D eigenvalue weighted by Gasteiger charge is -2.15. The second kappa shape index (κ2) is 12.4. The highest BCUT2D eigenvalue weighted by atomic mass is 16.3. The Hall–Kier alpha value is -7.69. The molecule has 0 unspecified atom stereocenters. The van der Waals surface area contributed by atoms with Crippen LogP contribution < -0.4 is 0 Å². The fourth-order valence-corrected chi connectivity index (χ4v) is 8.74. The Bertz CT molecular complexity index is 3320. The monoisotopic (exact) mass is 728 g/mol. The van der Waals surface area contributed by atoms with Gasteiger partial charge in [-0.1, -0.05) is 103 Å². The molecule has 57 heavy (non-hydrogen) atoms. The number of furan rings is 2. The van der Waals surface area contributed by atoms with Crippen molar-refractivity contribution in [1.82, 2.24) is 9.55 Å². The number of nitrogens with zero attached hydrogens (tertiary/aromatic N) is 2. The highest BCUT2D eigenvalue weighted by Crippen LogP contribution is 2.39. The molecule has 0 aliphatic heterocycles. The zero-order chi connectivity index (χ0) is 37.5. The summed E-state index contributed by atoms with van der Waals surface area (Å²) in [7, 11) is 0. The quantitative estimate of drug-likeness (QED) is 0.177. The van der Waals surface area contributed by atoms with Gasteiger partial charge < -0.3 is 13.4 Å². The fourth-order valence-electron chi connectivity index (χ4n) is 8.74. The van der Waals surface area contributed by atoms with Crippen molar-refractivity contribution in [3.8, 4) is 50.2 Å². The molecule has 0 atom stereocenters. The number of hydrogen-bond donors (Lipinski definition) is 0. The van der Waals surface area contributed by atoms with Crippen LogP contribution in [-0.4, -0.2) is 9.55 Å². The summed E-state index contributed by atoms with van der Waals surface area (Å²) in [4.78, 5) is 4.58. The number of aromatic nitrogens is 2. The van der Waals surface area contributed by atoms with Crippen molar-refractivity contribution in [2.45, 2.75) is 0 Å². The minimum atomic E-state index is 0.898. The predicted molar refractivity (Wildman–Crippen MR) is 235 cm³/mol. The normalized spacial score (nSPS) is 11.9. The Morgan fingerprint density at radius 3 is 1.37 bits per heavy atom. The van der Waals surface area contributed by atoms with Gasteiger partial charge in [-0.05, 0) is 123 Å². The lowest BCUT2D eigenvalue weighted by molar-refractivity contribution is 0.668. The Balaban J connectivity index is 1.04. The molecular formula is C53H32N2O2. The van der Waals surface area contributed by atoms with Crippen molar-refractivity contribution >= 4 is 65.7 Å². The van der Waals surface area contributed by atoms with Gasteiger partial charge in [-0.15, -0.1) is 0 Å². The van der Waals surface area contributed by atoms with E-state index in [1.807, 2.05) is 36.7 Å². The third-order valence-electron chi connectivity index (χ3n) is 11.5. The Labute approximate surface area is 327 Å². The molecule has 12 aromatic rings. The second-order valence-corrected chi connectivity index (χ2v) is 14.8. The molecular weight excluding hydrogens is 697 g/mol. The average molecular weight is 729 g/mol. The number of fused-ring (bicyclic) bond motifs is 9. The van der Waals surface area contributed by atoms with Crippen LogP contribution in [0.3, 0.4) is 0 Å². The molecule has 0 fully saturated rings. The van der Waals surface area contributed by atoms with Gasteiger partial charge in [0.1, 0.15) is 22.3 Å². The summed E-state index contributed by atoms with van der Waals surface area (Å²) >= 11 is 0. The molecule has 4 aromatic heterocycles. The summed E-state index contributed by atoms with van der Waals surface area (Å²) in [6, 6.07) is 65.0. The van der Waals surface area contributed by atoms with Crippen LogP contribution in [0, 0.1) is 0 Å². The van der Waals surface area contributed by atoms with Crippen LogP contribution in [-0.2, 0) is 0 Å². The highest BCUT2D eigenvalue weighted by molar-refractivity contribution is 6.10. The van der Waals surface area contributed by atoms with Gasteiger partial charge in [-0.25, -0.2) is 0 Å². The number of para-hydroxylation sites is 3. The van der Waals surface area contributed by atoms with Crippen molar-refractivity contribution in [2.24, 2.45) is 0 Å². The summed E-state index contributed by atoms with van der Waals surface area (Å²) < 4.78 is 14.7. The van der Waals surface area contributed by atoms with E-state index in [-0.39, 0.29) is 0 Å². The van der Waals surface area contributed by atoms with E-state index in [9.17, 15) is 0 Å². The van der Waals surface area contributed by atoms with Crippen molar-refractivity contribution in [2.75, 3.05) is 0 Å². The van der Waals surface area contributed by atoms with Gasteiger partial charge in [0.25, 0.3) is 0 Å². The van der Waals surface area contributed by atoms with Crippen molar-refractivity contribution < 1.29 is 8.83 Å². The van der Waals surface area contributed by atoms with Crippen LogP contribution in [0.15, 0.2) is 203 Å². The average Bonchev–Trinajstić information content (AvgIpc) is 3.95. The molecule has 12 rings (SSSR count). The molecule has 0 saturated carbocycles. The maximum atomic E-state index is 6.16. The molecule has 4 heterocycles. The fraction of sp³-hybridized carbons (Fsp3) is 0. The number of hydrogen-bond acceptors (Lipinski definition) is 3. The van der Waals surface area contributed by atoms with Gasteiger partial charge in [0.15, 0.2) is 0 Å². The maximum absolute atomic E-state index is 6.16. The first-order chi connectivity index (χ1) is 28.2. The van der Waals surface area contributed by atoms with Crippen molar-refractivity contribution in [3.05, 3.63) is 194 Å². The molecule has 0 amide bonds. The van der Waals surface area contributed by atoms with Gasteiger partial charge in [0, 0.05) is 44.2 Å². The zero-order valence-corrected chi connectivity index (χ0v) is 30.7. The highest BCUT2D eigenvalue weighted by Gasteiger charge is 2.16. The Kier molecular flexibility index (Phi) is 6.89. The first-order valence-corrected chi connectivity index (χ1v) is 19.2. The van der Waals surface area contributed by atoms with E-state index in [1.165, 1.54) is 10.8 Å². The number of pyridine rings is 1. The summed E-state index contributed by atoms with van der Waals surface area (Å²) in [6.45, 7) is 0. The Morgan fingerprint density at radius 1 is 0.316 bits per heavy atom. The second-order valence-electron chi connectivity index (χ2n) is 14.8. The minimum Gasteiger partial charge on any atom is -0.456 e. The topological polar surface area (TPSA) is 44.1 Å². The maximum Gasteiger partial charge on any atom is 0.135 e. The van der Waals surface area contributed by atoms with Crippen LogP contribution in [0.1, 0.15) is 0 Å². The number of rotatable bonds is 5. The molecule has 4 heteroatoms. The van der Waals surface area contributed by atoms with E-state index in [1.54, 1.807) is 0 Å². The van der Waals surface area contributed by atoms with Crippen LogP contribution in [0.2, 0.25) is 0 Å². The van der Waals surface area contributed by atoms with Crippen molar-refractivity contribution in [3.63, 3.8) is 0 Å². The largest absolute Gasteiger partial charge is 0.456 e. The van der Waals surface area contributed by atoms with E-state index < -0.39 is 0 Å². The standard InChI is InChI=1S/C53H32N2O2/c1-4-16-48-42(13-1)43-23-24-54-32-49(43)55(48)41-28-39(35-11-7-9-33(25-35)37-19-21-52-46(30-37)44-14-2-5-17-50(44)56-52)27-40(29-41)36-12-8-10-34(26-36)38-20-22-53-47(31-38)45-15-3-6-18-51(45)57-53/h1-32H. The smallest absolute Gasteiger partial charge is 0.135 e. The van der Waals surface area contributed by atoms with E-state index in [0.29, 0.717) is 0 Å². The van der Waals surface area contributed by atoms with Crippen LogP contribution in [0.25, 0.3) is 116 Å². The molecule has 0 bridgehead atoms. The Morgan fingerprint density at radius 2 is 0.772 bits per heavy atom. The summed E-state index contributed by atoms with van der Waals surface area (Å²) in [5.74, 6) is 0. The summed E-state index contributed by atoms with van der Waals surface area (Å²) in [5, 5.41) is 6.89. The minimum absolute atomic E-state index is 0.898. The van der Waals surface area contributed by atoms with Gasteiger partial charge >= 0.3 is 0 Å². The third-order valence-corrected chi connectivity index (χ3v) is 11.5. The van der Waals surface area contributed by atoms with Gasteiger partial charge in [-0.2, -0.15) is 0 Å². The summed E-state index contributed by atoms with van der Waals surface area (Å²) in [6.07, 6.45) is 3.86. The summed E-state index contributed by atoms with van der Waals surface area (Å²) in [5.41, 5.74) is 16.0. The van der Waals surface area contributed by atoms with Gasteiger partial charge in [-0.3, -0.25) is 4.98 Å². The third kappa shape index (κ3) is 5.12. The lowest BCUT2D eigenvalue weighted by atomic mass is 9.93. The SMILES string of the molecule is c1cc(-c2cc(-c3cccc(-c4ccc5oc6ccccc6c5c4)c3)cc(-n3c4ccccc4c4ccncc43)c2)cc(-c2ccc3oc4ccccc4c3c2)c1. The molecule has 0 aliphatic carbocycles. The van der Waals surface area contributed by atoms with Gasteiger partial charge in [0.05, 0.1) is 17.2 Å². The number of benzene rings is 8. The molecule has 4 nitrogen and oxygen atoms in total.